The van der Waals surface area contributed by atoms with Crippen molar-refractivity contribution in [2.45, 2.75) is 39.4 Å². The highest BCUT2D eigenvalue weighted by Crippen LogP contribution is 2.17. The molecule has 1 N–H and O–H groups in total. The molecule has 0 aromatic heterocycles. The molecule has 26 heavy (non-hydrogen) atoms. The molecule has 2 aromatic carbocycles. The molecule has 0 aliphatic rings. The number of rotatable bonds is 7. The maximum atomic E-state index is 12.2. The van der Waals surface area contributed by atoms with Gasteiger partial charge in [-0.3, -0.25) is 4.79 Å². The number of hydrogen-bond donors (Lipinski definition) is 1. The number of halogens is 1. The van der Waals surface area contributed by atoms with E-state index in [0.717, 1.165) is 6.42 Å². The van der Waals surface area contributed by atoms with Gasteiger partial charge >= 0.3 is 5.97 Å². The molecule has 0 unspecified atom stereocenters. The lowest BCUT2D eigenvalue weighted by molar-refractivity contribution is -0.155. The highest BCUT2D eigenvalue weighted by Gasteiger charge is 2.18. The van der Waals surface area contributed by atoms with E-state index in [1.54, 1.807) is 55.5 Å². The topological polar surface area (TPSA) is 64.6 Å². The summed E-state index contributed by atoms with van der Waals surface area (Å²) in [7, 11) is 0. The first kappa shape index (κ1) is 19.8. The van der Waals surface area contributed by atoms with Crippen LogP contribution in [-0.2, 0) is 9.53 Å². The number of anilines is 1. The zero-order valence-corrected chi connectivity index (χ0v) is 15.7. The number of ether oxygens (including phenoxy) is 2. The molecule has 0 heterocycles. The van der Waals surface area contributed by atoms with E-state index < -0.39 is 12.1 Å². The Balaban J connectivity index is 1.93. The molecule has 0 saturated heterocycles. The van der Waals surface area contributed by atoms with Crippen molar-refractivity contribution >= 4 is 29.2 Å². The summed E-state index contributed by atoms with van der Waals surface area (Å²) in [6.45, 7) is 5.40. The summed E-state index contributed by atoms with van der Waals surface area (Å²) >= 11 is 5.82. The van der Waals surface area contributed by atoms with Gasteiger partial charge in [-0.25, -0.2) is 4.79 Å². The monoisotopic (exact) mass is 375 g/mol. The fourth-order valence-corrected chi connectivity index (χ4v) is 2.18. The van der Waals surface area contributed by atoms with Crippen LogP contribution in [0.1, 0.15) is 37.6 Å². The zero-order valence-electron chi connectivity index (χ0n) is 15.0. The van der Waals surface area contributed by atoms with E-state index in [1.807, 2.05) is 13.8 Å². The maximum Gasteiger partial charge on any atom is 0.347 e. The van der Waals surface area contributed by atoms with Gasteiger partial charge in [0.1, 0.15) is 5.75 Å². The maximum absolute atomic E-state index is 12.2. The lowest BCUT2D eigenvalue weighted by atomic mass is 10.2. The van der Waals surface area contributed by atoms with Crippen LogP contribution in [0.3, 0.4) is 0 Å². The van der Waals surface area contributed by atoms with Crippen molar-refractivity contribution in [2.75, 3.05) is 5.32 Å². The van der Waals surface area contributed by atoms with E-state index >= 15 is 0 Å². The third kappa shape index (κ3) is 5.77. The molecule has 138 valence electrons. The van der Waals surface area contributed by atoms with Crippen molar-refractivity contribution in [1.29, 1.82) is 0 Å². The fourth-order valence-electron chi connectivity index (χ4n) is 2.05. The van der Waals surface area contributed by atoms with Gasteiger partial charge in [-0.2, -0.15) is 0 Å². The van der Waals surface area contributed by atoms with Crippen LogP contribution in [0.25, 0.3) is 0 Å². The molecule has 2 rings (SSSR count). The lowest BCUT2D eigenvalue weighted by Crippen LogP contribution is -2.29. The molecule has 0 aliphatic carbocycles. The molecule has 2 atom stereocenters. The number of carbonyl (C=O) groups is 2. The largest absolute Gasteiger partial charge is 0.479 e. The Morgan fingerprint density at radius 2 is 1.65 bits per heavy atom. The second kappa shape index (κ2) is 9.25. The summed E-state index contributed by atoms with van der Waals surface area (Å²) in [4.78, 5) is 24.1. The molecule has 0 bridgehead atoms. The van der Waals surface area contributed by atoms with Crippen molar-refractivity contribution in [3.8, 4) is 5.75 Å². The number of hydrogen-bond acceptors (Lipinski definition) is 4. The van der Waals surface area contributed by atoms with Gasteiger partial charge in [0.15, 0.2) is 6.10 Å². The normalized spacial score (nSPS) is 12.8. The van der Waals surface area contributed by atoms with Gasteiger partial charge in [-0.05, 0) is 68.8 Å². The van der Waals surface area contributed by atoms with Crippen molar-refractivity contribution in [2.24, 2.45) is 0 Å². The van der Waals surface area contributed by atoms with E-state index in [2.05, 4.69) is 5.32 Å². The Hall–Kier alpha value is -2.53. The van der Waals surface area contributed by atoms with Gasteiger partial charge in [0.2, 0.25) is 0 Å². The van der Waals surface area contributed by atoms with E-state index in [-0.39, 0.29) is 12.0 Å². The predicted octanol–water partition coefficient (Wildman–Crippen LogP) is 4.70. The van der Waals surface area contributed by atoms with E-state index in [9.17, 15) is 9.59 Å². The molecule has 0 radical (unpaired) electrons. The van der Waals surface area contributed by atoms with Crippen LogP contribution in [0.15, 0.2) is 48.5 Å². The second-order valence-electron chi connectivity index (χ2n) is 5.90. The van der Waals surface area contributed by atoms with Crippen LogP contribution in [-0.4, -0.2) is 24.1 Å². The molecule has 1 amide bonds. The minimum absolute atomic E-state index is 0.146. The highest BCUT2D eigenvalue weighted by molar-refractivity contribution is 6.30. The Bertz CT molecular complexity index is 743. The van der Waals surface area contributed by atoms with Gasteiger partial charge in [0.25, 0.3) is 5.91 Å². The molecule has 0 aliphatic heterocycles. The fraction of sp³-hybridized carbons (Fsp3) is 0.300. The molecular weight excluding hydrogens is 354 g/mol. The third-order valence-corrected chi connectivity index (χ3v) is 4.01. The minimum Gasteiger partial charge on any atom is -0.479 e. The van der Waals surface area contributed by atoms with Gasteiger partial charge in [-0.15, -0.1) is 0 Å². The quantitative estimate of drug-likeness (QED) is 0.712. The van der Waals surface area contributed by atoms with Crippen LogP contribution < -0.4 is 10.1 Å². The summed E-state index contributed by atoms with van der Waals surface area (Å²) in [5, 5.41) is 3.38. The number of carbonyl (C=O) groups excluding carboxylic acids is 2. The zero-order chi connectivity index (χ0) is 19.1. The number of nitrogens with one attached hydrogen (secondary N) is 1. The first-order chi connectivity index (χ1) is 12.4. The van der Waals surface area contributed by atoms with Gasteiger partial charge in [0.05, 0.1) is 6.10 Å². The first-order valence-electron chi connectivity index (χ1n) is 8.43. The van der Waals surface area contributed by atoms with E-state index in [1.165, 1.54) is 0 Å². The van der Waals surface area contributed by atoms with Crippen LogP contribution in [0.4, 0.5) is 5.69 Å². The predicted molar refractivity (Wildman–Crippen MR) is 102 cm³/mol. The summed E-state index contributed by atoms with van der Waals surface area (Å²) in [5.74, 6) is -0.173. The molecule has 2 aromatic rings. The van der Waals surface area contributed by atoms with E-state index in [4.69, 9.17) is 21.1 Å². The van der Waals surface area contributed by atoms with Gasteiger partial charge < -0.3 is 14.8 Å². The second-order valence-corrected chi connectivity index (χ2v) is 6.34. The smallest absolute Gasteiger partial charge is 0.347 e. The molecule has 0 fully saturated rings. The van der Waals surface area contributed by atoms with Crippen LogP contribution in [0.2, 0.25) is 5.02 Å². The highest BCUT2D eigenvalue weighted by atomic mass is 35.5. The molecule has 5 nitrogen and oxygen atoms in total. The van der Waals surface area contributed by atoms with E-state index in [0.29, 0.717) is 22.0 Å². The van der Waals surface area contributed by atoms with Crippen molar-refractivity contribution in [3.05, 3.63) is 59.1 Å². The van der Waals surface area contributed by atoms with Crippen molar-refractivity contribution in [1.82, 2.24) is 0 Å². The summed E-state index contributed by atoms with van der Waals surface area (Å²) in [5.41, 5.74) is 1.13. The Kier molecular flexibility index (Phi) is 7.04. The Labute approximate surface area is 158 Å². The molecule has 6 heteroatoms. The lowest BCUT2D eigenvalue weighted by Gasteiger charge is -2.17. The third-order valence-electron chi connectivity index (χ3n) is 3.76. The molecule has 0 saturated carbocycles. The van der Waals surface area contributed by atoms with Gasteiger partial charge in [0, 0.05) is 16.3 Å². The summed E-state index contributed by atoms with van der Waals surface area (Å²) in [6.07, 6.45) is -0.124. The van der Waals surface area contributed by atoms with Gasteiger partial charge in [-0.1, -0.05) is 18.5 Å². The van der Waals surface area contributed by atoms with Crippen molar-refractivity contribution < 1.29 is 19.1 Å². The first-order valence-corrected chi connectivity index (χ1v) is 8.81. The number of amides is 1. The Morgan fingerprint density at radius 3 is 2.23 bits per heavy atom. The standard InChI is InChI=1S/C20H22ClNO4/c1-4-13(2)25-20(24)14(3)26-18-11-5-15(6-12-18)19(23)22-17-9-7-16(21)8-10-17/h5-14H,4H2,1-3H3,(H,22,23)/t13-,14-/m1/s1. The van der Waals surface area contributed by atoms with Crippen LogP contribution in [0, 0.1) is 0 Å². The average Bonchev–Trinajstić information content (AvgIpc) is 2.63. The minimum atomic E-state index is -0.724. The SMILES string of the molecule is CC[C@@H](C)OC(=O)[C@@H](C)Oc1ccc(C(=O)Nc2ccc(Cl)cc2)cc1. The molecule has 0 spiro atoms. The average molecular weight is 376 g/mol. The van der Waals surface area contributed by atoms with Crippen LogP contribution >= 0.6 is 11.6 Å². The number of benzene rings is 2. The Morgan fingerprint density at radius 1 is 1.04 bits per heavy atom. The number of esters is 1. The van der Waals surface area contributed by atoms with Crippen LogP contribution in [0.5, 0.6) is 5.75 Å². The summed E-state index contributed by atoms with van der Waals surface area (Å²) in [6, 6.07) is 13.4. The van der Waals surface area contributed by atoms with Crippen molar-refractivity contribution in [3.63, 3.8) is 0 Å². The summed E-state index contributed by atoms with van der Waals surface area (Å²) < 4.78 is 10.8. The molecular formula is C20H22ClNO4.